The van der Waals surface area contributed by atoms with E-state index in [0.29, 0.717) is 5.92 Å². The lowest BCUT2D eigenvalue weighted by atomic mass is 10.1. The molecule has 20 heavy (non-hydrogen) atoms. The molecule has 0 unspecified atom stereocenters. The maximum atomic E-state index is 4.65. The standard InChI is InChI=1S/C15H21IN4/c1-4-14-5-12(8-17-7-11(2)3)6-15(19-14)20-10-13(16)9-18-20/h5-6,9-11,17H,4,7-8H2,1-3H3. The van der Waals surface area contributed by atoms with Crippen LogP contribution >= 0.6 is 22.6 Å². The van der Waals surface area contributed by atoms with Gasteiger partial charge < -0.3 is 5.32 Å². The van der Waals surface area contributed by atoms with Crippen LogP contribution in [0.2, 0.25) is 0 Å². The Kier molecular flexibility index (Phi) is 5.54. The monoisotopic (exact) mass is 384 g/mol. The Morgan fingerprint density at radius 3 is 2.75 bits per heavy atom. The molecule has 0 radical (unpaired) electrons. The fourth-order valence-corrected chi connectivity index (χ4v) is 2.35. The van der Waals surface area contributed by atoms with Crippen molar-refractivity contribution < 1.29 is 0 Å². The van der Waals surface area contributed by atoms with Crippen LogP contribution < -0.4 is 5.32 Å². The Balaban J connectivity index is 2.20. The van der Waals surface area contributed by atoms with Gasteiger partial charge in [-0.15, -0.1) is 0 Å². The molecule has 0 amide bonds. The second-order valence-corrected chi connectivity index (χ2v) is 6.55. The highest BCUT2D eigenvalue weighted by Crippen LogP contribution is 2.12. The molecule has 0 aromatic carbocycles. The zero-order valence-electron chi connectivity index (χ0n) is 12.2. The highest BCUT2D eigenvalue weighted by molar-refractivity contribution is 14.1. The molecule has 0 aliphatic rings. The number of pyridine rings is 1. The Bertz CT molecular complexity index is 563. The molecule has 0 aliphatic heterocycles. The van der Waals surface area contributed by atoms with Crippen molar-refractivity contribution in [2.45, 2.75) is 33.7 Å². The molecule has 4 nitrogen and oxygen atoms in total. The van der Waals surface area contributed by atoms with E-state index in [1.807, 2.05) is 17.1 Å². The van der Waals surface area contributed by atoms with Crippen LogP contribution in [0.15, 0.2) is 24.5 Å². The van der Waals surface area contributed by atoms with Gasteiger partial charge in [-0.05, 0) is 59.2 Å². The van der Waals surface area contributed by atoms with E-state index in [1.54, 1.807) is 0 Å². The number of hydrogen-bond acceptors (Lipinski definition) is 3. The van der Waals surface area contributed by atoms with E-state index in [0.717, 1.165) is 34.6 Å². The lowest BCUT2D eigenvalue weighted by Crippen LogP contribution is -2.19. The van der Waals surface area contributed by atoms with Crippen LogP contribution in [0, 0.1) is 9.49 Å². The van der Waals surface area contributed by atoms with Crippen LogP contribution in [-0.2, 0) is 13.0 Å². The molecule has 0 atom stereocenters. The third-order valence-corrected chi connectivity index (χ3v) is 3.51. The number of halogens is 1. The second-order valence-electron chi connectivity index (χ2n) is 5.31. The van der Waals surface area contributed by atoms with E-state index in [-0.39, 0.29) is 0 Å². The molecule has 108 valence electrons. The maximum Gasteiger partial charge on any atom is 0.153 e. The molecule has 0 saturated heterocycles. The third-order valence-electron chi connectivity index (χ3n) is 2.95. The van der Waals surface area contributed by atoms with Crippen LogP contribution in [-0.4, -0.2) is 21.3 Å². The Morgan fingerprint density at radius 2 is 2.15 bits per heavy atom. The summed E-state index contributed by atoms with van der Waals surface area (Å²) in [6.45, 7) is 8.46. The first-order valence-corrected chi connectivity index (χ1v) is 8.07. The van der Waals surface area contributed by atoms with E-state index in [1.165, 1.54) is 5.56 Å². The molecule has 0 saturated carbocycles. The van der Waals surface area contributed by atoms with Crippen molar-refractivity contribution in [3.05, 3.63) is 39.4 Å². The lowest BCUT2D eigenvalue weighted by Gasteiger charge is -2.10. The quantitative estimate of drug-likeness (QED) is 0.778. The predicted molar refractivity (Wildman–Crippen MR) is 90.0 cm³/mol. The summed E-state index contributed by atoms with van der Waals surface area (Å²) in [6.07, 6.45) is 4.77. The fourth-order valence-electron chi connectivity index (χ4n) is 1.97. The van der Waals surface area contributed by atoms with Crippen molar-refractivity contribution in [2.24, 2.45) is 5.92 Å². The van der Waals surface area contributed by atoms with Gasteiger partial charge in [-0.2, -0.15) is 5.10 Å². The summed E-state index contributed by atoms with van der Waals surface area (Å²) in [5.41, 5.74) is 2.37. The molecule has 0 bridgehead atoms. The summed E-state index contributed by atoms with van der Waals surface area (Å²) < 4.78 is 2.96. The topological polar surface area (TPSA) is 42.7 Å². The SMILES string of the molecule is CCc1cc(CNCC(C)C)cc(-n2cc(I)cn2)n1. The van der Waals surface area contributed by atoms with E-state index >= 15 is 0 Å². The van der Waals surface area contributed by atoms with Gasteiger partial charge >= 0.3 is 0 Å². The average Bonchev–Trinajstić information content (AvgIpc) is 2.84. The fraction of sp³-hybridized carbons (Fsp3) is 0.467. The predicted octanol–water partition coefficient (Wildman–Crippen LogP) is 3.18. The molecular formula is C15H21IN4. The van der Waals surface area contributed by atoms with Crippen molar-refractivity contribution in [3.63, 3.8) is 0 Å². The normalized spacial score (nSPS) is 11.2. The van der Waals surface area contributed by atoms with Gasteiger partial charge in [0.1, 0.15) is 0 Å². The van der Waals surface area contributed by atoms with E-state index in [9.17, 15) is 0 Å². The zero-order chi connectivity index (χ0) is 14.5. The second kappa shape index (κ2) is 7.17. The largest absolute Gasteiger partial charge is 0.312 e. The van der Waals surface area contributed by atoms with Crippen LogP contribution in [0.1, 0.15) is 32.0 Å². The van der Waals surface area contributed by atoms with Gasteiger partial charge in [0.25, 0.3) is 0 Å². The average molecular weight is 384 g/mol. The summed E-state index contributed by atoms with van der Waals surface area (Å²) in [4.78, 5) is 4.65. The number of nitrogens with one attached hydrogen (secondary N) is 1. The molecule has 0 aliphatic carbocycles. The number of rotatable bonds is 6. The molecule has 1 N–H and O–H groups in total. The Labute approximate surface area is 134 Å². The summed E-state index contributed by atoms with van der Waals surface area (Å²) in [5, 5.41) is 7.81. The van der Waals surface area contributed by atoms with Crippen molar-refractivity contribution in [1.29, 1.82) is 0 Å². The van der Waals surface area contributed by atoms with Gasteiger partial charge in [-0.25, -0.2) is 9.67 Å². The highest BCUT2D eigenvalue weighted by Gasteiger charge is 2.05. The maximum absolute atomic E-state index is 4.65. The number of aromatic nitrogens is 3. The summed E-state index contributed by atoms with van der Waals surface area (Å²) in [7, 11) is 0. The van der Waals surface area contributed by atoms with E-state index in [4.69, 9.17) is 0 Å². The molecule has 0 spiro atoms. The first-order valence-electron chi connectivity index (χ1n) is 6.99. The number of aryl methyl sites for hydroxylation is 1. The number of nitrogens with zero attached hydrogens (tertiary/aromatic N) is 3. The smallest absolute Gasteiger partial charge is 0.153 e. The molecular weight excluding hydrogens is 363 g/mol. The minimum atomic E-state index is 0.662. The van der Waals surface area contributed by atoms with Crippen LogP contribution in [0.25, 0.3) is 5.82 Å². The first-order chi connectivity index (χ1) is 9.58. The van der Waals surface area contributed by atoms with Crippen LogP contribution in [0.5, 0.6) is 0 Å². The minimum Gasteiger partial charge on any atom is -0.312 e. The Hall–Kier alpha value is -0.950. The van der Waals surface area contributed by atoms with Crippen LogP contribution in [0.3, 0.4) is 0 Å². The molecule has 2 heterocycles. The van der Waals surface area contributed by atoms with Crippen LogP contribution in [0.4, 0.5) is 0 Å². The number of hydrogen-bond donors (Lipinski definition) is 1. The third kappa shape index (κ3) is 4.28. The van der Waals surface area contributed by atoms with Crippen molar-refractivity contribution >= 4 is 22.6 Å². The first kappa shape index (κ1) is 15.4. The summed E-state index contributed by atoms with van der Waals surface area (Å²) >= 11 is 2.26. The van der Waals surface area contributed by atoms with Gasteiger partial charge in [0.05, 0.1) is 9.77 Å². The molecule has 5 heteroatoms. The molecule has 0 fully saturated rings. The molecule has 2 aromatic heterocycles. The summed E-state index contributed by atoms with van der Waals surface area (Å²) in [5.74, 6) is 1.56. The van der Waals surface area contributed by atoms with Gasteiger partial charge in [-0.1, -0.05) is 20.8 Å². The van der Waals surface area contributed by atoms with Crippen molar-refractivity contribution in [2.75, 3.05) is 6.54 Å². The zero-order valence-corrected chi connectivity index (χ0v) is 14.4. The minimum absolute atomic E-state index is 0.662. The highest BCUT2D eigenvalue weighted by atomic mass is 127. The van der Waals surface area contributed by atoms with Crippen molar-refractivity contribution in [1.82, 2.24) is 20.1 Å². The summed E-state index contributed by atoms with van der Waals surface area (Å²) in [6, 6.07) is 4.28. The van der Waals surface area contributed by atoms with E-state index in [2.05, 4.69) is 70.9 Å². The lowest BCUT2D eigenvalue weighted by molar-refractivity contribution is 0.552. The van der Waals surface area contributed by atoms with Gasteiger partial charge in [0.15, 0.2) is 5.82 Å². The Morgan fingerprint density at radius 1 is 1.35 bits per heavy atom. The van der Waals surface area contributed by atoms with E-state index < -0.39 is 0 Å². The van der Waals surface area contributed by atoms with Crippen molar-refractivity contribution in [3.8, 4) is 5.82 Å². The molecule has 2 aromatic rings. The van der Waals surface area contributed by atoms with Gasteiger partial charge in [0.2, 0.25) is 0 Å². The molecule has 2 rings (SSSR count). The van der Waals surface area contributed by atoms with Gasteiger partial charge in [0, 0.05) is 18.4 Å². The van der Waals surface area contributed by atoms with Gasteiger partial charge in [-0.3, -0.25) is 0 Å².